The lowest BCUT2D eigenvalue weighted by Crippen LogP contribution is -2.25. The lowest BCUT2D eigenvalue weighted by molar-refractivity contribution is 0.149. The lowest BCUT2D eigenvalue weighted by Gasteiger charge is -2.36. The van der Waals surface area contributed by atoms with E-state index in [1.807, 2.05) is 0 Å². The van der Waals surface area contributed by atoms with E-state index in [0.717, 1.165) is 11.8 Å². The molecular formula is C22H46. The van der Waals surface area contributed by atoms with Crippen LogP contribution in [0.4, 0.5) is 0 Å². The van der Waals surface area contributed by atoms with Gasteiger partial charge in [0.2, 0.25) is 0 Å². The predicted molar refractivity (Wildman–Crippen MR) is 103 cm³/mol. The zero-order valence-corrected chi connectivity index (χ0v) is 16.8. The molecule has 0 heteroatoms. The van der Waals surface area contributed by atoms with Crippen LogP contribution < -0.4 is 0 Å². The zero-order chi connectivity index (χ0) is 16.8. The van der Waals surface area contributed by atoms with E-state index in [1.54, 1.807) is 0 Å². The number of hydrogen-bond acceptors (Lipinski definition) is 0. The summed E-state index contributed by atoms with van der Waals surface area (Å²) in [5, 5.41) is 0. The van der Waals surface area contributed by atoms with Gasteiger partial charge in [0.25, 0.3) is 0 Å². The van der Waals surface area contributed by atoms with Crippen LogP contribution in [0.1, 0.15) is 125 Å². The summed E-state index contributed by atoms with van der Waals surface area (Å²) in [4.78, 5) is 0. The molecule has 0 nitrogen and oxygen atoms in total. The Hall–Kier alpha value is 0. The minimum Gasteiger partial charge on any atom is -0.0654 e. The van der Waals surface area contributed by atoms with Crippen molar-refractivity contribution in [3.63, 3.8) is 0 Å². The average molecular weight is 311 g/mol. The second-order valence-electron chi connectivity index (χ2n) is 8.24. The first-order valence-corrected chi connectivity index (χ1v) is 10.5. The van der Waals surface area contributed by atoms with Crippen molar-refractivity contribution in [3.05, 3.63) is 0 Å². The molecule has 3 unspecified atom stereocenters. The van der Waals surface area contributed by atoms with E-state index < -0.39 is 0 Å². The molecule has 0 N–H and O–H groups in total. The van der Waals surface area contributed by atoms with E-state index in [-0.39, 0.29) is 0 Å². The quantitative estimate of drug-likeness (QED) is 0.266. The fourth-order valence-corrected chi connectivity index (χ4v) is 4.11. The molecule has 22 heavy (non-hydrogen) atoms. The molecule has 134 valence electrons. The average Bonchev–Trinajstić information content (AvgIpc) is 2.50. The summed E-state index contributed by atoms with van der Waals surface area (Å²) in [6.45, 7) is 14.5. The van der Waals surface area contributed by atoms with Gasteiger partial charge in [0.05, 0.1) is 0 Å². The van der Waals surface area contributed by atoms with Crippen LogP contribution >= 0.6 is 0 Å². The first kappa shape index (κ1) is 22.0. The Bertz CT molecular complexity index is 232. The van der Waals surface area contributed by atoms with E-state index in [1.165, 1.54) is 83.5 Å². The molecule has 3 atom stereocenters. The van der Waals surface area contributed by atoms with Crippen LogP contribution in [0.3, 0.4) is 0 Å². The van der Waals surface area contributed by atoms with Crippen molar-refractivity contribution in [1.82, 2.24) is 0 Å². The van der Waals surface area contributed by atoms with Crippen LogP contribution in [-0.4, -0.2) is 0 Å². The molecule has 0 aromatic rings. The van der Waals surface area contributed by atoms with Crippen molar-refractivity contribution in [2.45, 2.75) is 125 Å². The molecule has 0 bridgehead atoms. The normalized spacial score (nSPS) is 17.2. The van der Waals surface area contributed by atoms with Crippen LogP contribution in [0.25, 0.3) is 0 Å². The van der Waals surface area contributed by atoms with Crippen LogP contribution in [0.15, 0.2) is 0 Å². The summed E-state index contributed by atoms with van der Waals surface area (Å²) in [5.41, 5.74) is 0.603. The van der Waals surface area contributed by atoms with E-state index >= 15 is 0 Å². The molecule has 0 saturated heterocycles. The summed E-state index contributed by atoms with van der Waals surface area (Å²) in [7, 11) is 0. The summed E-state index contributed by atoms with van der Waals surface area (Å²) in [6.07, 6.45) is 18.4. The Kier molecular flexibility index (Phi) is 13.4. The molecule has 0 aromatic heterocycles. The van der Waals surface area contributed by atoms with E-state index in [0.29, 0.717) is 5.41 Å². The molecule has 0 radical (unpaired) electrons. The van der Waals surface area contributed by atoms with E-state index in [4.69, 9.17) is 0 Å². The standard InChI is InChI=1S/C22H46/c1-7-11-14-18-22(6,17-13-9-3)19-21(16-12-8-2)20(5)15-10-4/h20-21H,7-19H2,1-6H3. The van der Waals surface area contributed by atoms with Crippen LogP contribution in [0.5, 0.6) is 0 Å². The molecule has 0 aliphatic rings. The molecule has 0 aliphatic carbocycles. The third kappa shape index (κ3) is 9.90. The van der Waals surface area contributed by atoms with Crippen LogP contribution in [0, 0.1) is 17.3 Å². The van der Waals surface area contributed by atoms with Crippen molar-refractivity contribution in [1.29, 1.82) is 0 Å². The lowest BCUT2D eigenvalue weighted by atomic mass is 9.69. The first-order valence-electron chi connectivity index (χ1n) is 10.5. The van der Waals surface area contributed by atoms with Crippen molar-refractivity contribution in [3.8, 4) is 0 Å². The van der Waals surface area contributed by atoms with Crippen molar-refractivity contribution >= 4 is 0 Å². The zero-order valence-electron chi connectivity index (χ0n) is 16.8. The largest absolute Gasteiger partial charge is 0.0654 e. The minimum atomic E-state index is 0.603. The monoisotopic (exact) mass is 310 g/mol. The van der Waals surface area contributed by atoms with Gasteiger partial charge >= 0.3 is 0 Å². The second kappa shape index (κ2) is 13.4. The minimum absolute atomic E-state index is 0.603. The fourth-order valence-electron chi connectivity index (χ4n) is 4.11. The van der Waals surface area contributed by atoms with Gasteiger partial charge in [-0.05, 0) is 36.5 Å². The Morgan fingerprint density at radius 3 is 1.82 bits per heavy atom. The number of unbranched alkanes of at least 4 members (excludes halogenated alkanes) is 4. The molecule has 0 aliphatic heterocycles. The van der Waals surface area contributed by atoms with Gasteiger partial charge in [0.15, 0.2) is 0 Å². The molecule has 0 amide bonds. The first-order chi connectivity index (χ1) is 10.5. The summed E-state index contributed by atoms with van der Waals surface area (Å²) in [6, 6.07) is 0. The van der Waals surface area contributed by atoms with Crippen LogP contribution in [0.2, 0.25) is 0 Å². The Labute approximate surface area is 142 Å². The van der Waals surface area contributed by atoms with Gasteiger partial charge in [0.1, 0.15) is 0 Å². The van der Waals surface area contributed by atoms with Crippen LogP contribution in [-0.2, 0) is 0 Å². The highest BCUT2D eigenvalue weighted by molar-refractivity contribution is 4.80. The molecule has 0 fully saturated rings. The molecule has 0 heterocycles. The molecule has 0 spiro atoms. The highest BCUT2D eigenvalue weighted by Gasteiger charge is 2.29. The summed E-state index contributed by atoms with van der Waals surface area (Å²) < 4.78 is 0. The second-order valence-corrected chi connectivity index (χ2v) is 8.24. The molecule has 0 rings (SSSR count). The predicted octanol–water partition coefficient (Wildman–Crippen LogP) is 8.40. The third-order valence-corrected chi connectivity index (χ3v) is 5.75. The molecule has 0 saturated carbocycles. The maximum Gasteiger partial charge on any atom is -0.0323 e. The fraction of sp³-hybridized carbons (Fsp3) is 1.00. The van der Waals surface area contributed by atoms with Gasteiger partial charge in [-0.1, -0.05) is 106 Å². The van der Waals surface area contributed by atoms with Gasteiger partial charge in [-0.2, -0.15) is 0 Å². The molecular weight excluding hydrogens is 264 g/mol. The maximum atomic E-state index is 2.61. The highest BCUT2D eigenvalue weighted by Crippen LogP contribution is 2.41. The van der Waals surface area contributed by atoms with Crippen molar-refractivity contribution in [2.75, 3.05) is 0 Å². The summed E-state index contributed by atoms with van der Waals surface area (Å²) in [5.74, 6) is 1.88. The Balaban J connectivity index is 4.74. The van der Waals surface area contributed by atoms with Gasteiger partial charge < -0.3 is 0 Å². The van der Waals surface area contributed by atoms with Gasteiger partial charge in [-0.3, -0.25) is 0 Å². The van der Waals surface area contributed by atoms with E-state index in [9.17, 15) is 0 Å². The highest BCUT2D eigenvalue weighted by atomic mass is 14.3. The van der Waals surface area contributed by atoms with Gasteiger partial charge in [-0.15, -0.1) is 0 Å². The Morgan fingerprint density at radius 1 is 0.682 bits per heavy atom. The van der Waals surface area contributed by atoms with Crippen molar-refractivity contribution in [2.24, 2.45) is 17.3 Å². The SMILES string of the molecule is CCCCCC(C)(CCCC)CC(CCCC)C(C)CCC. The van der Waals surface area contributed by atoms with Crippen molar-refractivity contribution < 1.29 is 0 Å². The third-order valence-electron chi connectivity index (χ3n) is 5.75. The number of hydrogen-bond donors (Lipinski definition) is 0. The summed E-state index contributed by atoms with van der Waals surface area (Å²) >= 11 is 0. The van der Waals surface area contributed by atoms with Gasteiger partial charge in [0, 0.05) is 0 Å². The Morgan fingerprint density at radius 2 is 1.27 bits per heavy atom. The topological polar surface area (TPSA) is 0 Å². The van der Waals surface area contributed by atoms with E-state index in [2.05, 4.69) is 41.5 Å². The molecule has 0 aromatic carbocycles. The maximum absolute atomic E-state index is 2.61. The smallest absolute Gasteiger partial charge is 0.0323 e. The number of rotatable bonds is 15. The van der Waals surface area contributed by atoms with Gasteiger partial charge in [-0.25, -0.2) is 0 Å².